The fourth-order valence-electron chi connectivity index (χ4n) is 1.35. The average molecular weight is 285 g/mol. The molecule has 0 heterocycles. The van der Waals surface area contributed by atoms with Crippen molar-refractivity contribution in [2.75, 3.05) is 26.7 Å². The van der Waals surface area contributed by atoms with Gasteiger partial charge in [-0.1, -0.05) is 28.8 Å². The molecule has 0 aliphatic heterocycles. The first-order valence-electron chi connectivity index (χ1n) is 4.96. The molecule has 0 aromatic carbocycles. The molecule has 0 aliphatic carbocycles. The summed E-state index contributed by atoms with van der Waals surface area (Å²) in [6, 6.07) is 0.915. The molecule has 0 saturated heterocycles. The quantitative estimate of drug-likeness (QED) is 0.370. The van der Waals surface area contributed by atoms with E-state index < -0.39 is 8.80 Å². The Hall–Kier alpha value is 0.577. The summed E-state index contributed by atoms with van der Waals surface area (Å²) in [4.78, 5) is 0. The maximum absolute atomic E-state index is 5.33. The second kappa shape index (κ2) is 8.85. The zero-order chi connectivity index (χ0) is 10.9. The Morgan fingerprint density at radius 2 is 1.36 bits per heavy atom. The Kier molecular flexibility index (Phi) is 9.22. The first-order valence-corrected chi connectivity index (χ1v) is 8.01. The number of hydrogen-bond acceptors (Lipinski definition) is 3. The third-order valence-corrected chi connectivity index (χ3v) is 5.69. The van der Waals surface area contributed by atoms with E-state index in [4.69, 9.17) is 13.3 Å². The molecule has 0 rings (SSSR count). The SMILES string of the molecule is CO[Si](CCCCCCBr)(OC)OC. The second-order valence-electron chi connectivity index (χ2n) is 3.15. The molecule has 14 heavy (non-hydrogen) atoms. The average Bonchev–Trinajstić information content (AvgIpc) is 2.24. The van der Waals surface area contributed by atoms with Crippen LogP contribution in [0, 0.1) is 0 Å². The smallest absolute Gasteiger partial charge is 0.377 e. The van der Waals surface area contributed by atoms with Gasteiger partial charge in [0.05, 0.1) is 0 Å². The van der Waals surface area contributed by atoms with Gasteiger partial charge in [0.15, 0.2) is 0 Å². The first kappa shape index (κ1) is 14.6. The van der Waals surface area contributed by atoms with Crippen LogP contribution in [0.15, 0.2) is 0 Å². The highest BCUT2D eigenvalue weighted by Crippen LogP contribution is 2.17. The molecule has 0 N–H and O–H groups in total. The fourth-order valence-corrected chi connectivity index (χ4v) is 3.54. The van der Waals surface area contributed by atoms with Crippen molar-refractivity contribution in [2.24, 2.45) is 0 Å². The Morgan fingerprint density at radius 1 is 0.857 bits per heavy atom. The largest absolute Gasteiger partial charge is 0.500 e. The van der Waals surface area contributed by atoms with Crippen molar-refractivity contribution in [2.45, 2.75) is 31.7 Å². The lowest BCUT2D eigenvalue weighted by atomic mass is 10.2. The molecule has 0 amide bonds. The van der Waals surface area contributed by atoms with Crippen LogP contribution in [0.1, 0.15) is 25.7 Å². The van der Waals surface area contributed by atoms with Gasteiger partial charge in [-0.05, 0) is 12.8 Å². The Labute approximate surface area is 96.6 Å². The summed E-state index contributed by atoms with van der Waals surface area (Å²) in [5, 5.41) is 1.09. The predicted octanol–water partition coefficient (Wildman–Crippen LogP) is 2.82. The normalized spacial score (nSPS) is 12.0. The van der Waals surface area contributed by atoms with Crippen molar-refractivity contribution in [3.05, 3.63) is 0 Å². The molecular weight excluding hydrogens is 264 g/mol. The molecule has 0 fully saturated rings. The molecule has 5 heteroatoms. The van der Waals surface area contributed by atoms with Crippen LogP contribution in [-0.2, 0) is 13.3 Å². The monoisotopic (exact) mass is 284 g/mol. The van der Waals surface area contributed by atoms with Crippen LogP contribution in [-0.4, -0.2) is 35.5 Å². The minimum Gasteiger partial charge on any atom is -0.377 e. The minimum atomic E-state index is -2.29. The third kappa shape index (κ3) is 5.46. The van der Waals surface area contributed by atoms with Crippen molar-refractivity contribution >= 4 is 24.7 Å². The van der Waals surface area contributed by atoms with Crippen molar-refractivity contribution in [3.63, 3.8) is 0 Å². The van der Waals surface area contributed by atoms with Crippen LogP contribution in [0.3, 0.4) is 0 Å². The van der Waals surface area contributed by atoms with E-state index in [-0.39, 0.29) is 0 Å². The van der Waals surface area contributed by atoms with Gasteiger partial charge in [0.1, 0.15) is 0 Å². The molecule has 0 spiro atoms. The fraction of sp³-hybridized carbons (Fsp3) is 1.00. The molecule has 3 nitrogen and oxygen atoms in total. The summed E-state index contributed by atoms with van der Waals surface area (Å²) in [6.07, 6.45) is 4.83. The Bertz CT molecular complexity index is 123. The van der Waals surface area contributed by atoms with E-state index >= 15 is 0 Å². The van der Waals surface area contributed by atoms with Gasteiger partial charge in [0.25, 0.3) is 0 Å². The van der Waals surface area contributed by atoms with E-state index in [0.717, 1.165) is 17.8 Å². The van der Waals surface area contributed by atoms with Gasteiger partial charge in [-0.15, -0.1) is 0 Å². The third-order valence-electron chi connectivity index (χ3n) is 2.30. The first-order chi connectivity index (χ1) is 6.74. The van der Waals surface area contributed by atoms with Crippen LogP contribution < -0.4 is 0 Å². The highest BCUT2D eigenvalue weighted by molar-refractivity contribution is 9.09. The summed E-state index contributed by atoms with van der Waals surface area (Å²) in [7, 11) is 2.70. The van der Waals surface area contributed by atoms with Crippen molar-refractivity contribution in [1.29, 1.82) is 0 Å². The van der Waals surface area contributed by atoms with Gasteiger partial charge < -0.3 is 13.3 Å². The molecule has 0 unspecified atom stereocenters. The van der Waals surface area contributed by atoms with Crippen LogP contribution in [0.5, 0.6) is 0 Å². The van der Waals surface area contributed by atoms with Gasteiger partial charge in [-0.25, -0.2) is 0 Å². The van der Waals surface area contributed by atoms with Crippen molar-refractivity contribution in [3.8, 4) is 0 Å². The topological polar surface area (TPSA) is 27.7 Å². The number of unbranched alkanes of at least 4 members (excludes halogenated alkanes) is 3. The highest BCUT2D eigenvalue weighted by Gasteiger charge is 2.36. The maximum atomic E-state index is 5.33. The van der Waals surface area contributed by atoms with E-state index in [0.29, 0.717) is 0 Å². The highest BCUT2D eigenvalue weighted by atomic mass is 79.9. The lowest BCUT2D eigenvalue weighted by Crippen LogP contribution is -2.42. The number of rotatable bonds is 9. The molecule has 0 aromatic heterocycles. The number of halogens is 1. The summed E-state index contributed by atoms with van der Waals surface area (Å²) < 4.78 is 16.0. The molecular formula is C9H21BrO3Si. The Balaban J connectivity index is 3.61. The summed E-state index contributed by atoms with van der Waals surface area (Å²) in [6.45, 7) is 0. The van der Waals surface area contributed by atoms with E-state index in [1.54, 1.807) is 21.3 Å². The van der Waals surface area contributed by atoms with Gasteiger partial charge in [0.2, 0.25) is 0 Å². The van der Waals surface area contributed by atoms with E-state index in [1.807, 2.05) is 0 Å². The molecule has 0 radical (unpaired) electrons. The second-order valence-corrected chi connectivity index (χ2v) is 7.03. The zero-order valence-electron chi connectivity index (χ0n) is 9.35. The Morgan fingerprint density at radius 3 is 1.79 bits per heavy atom. The van der Waals surface area contributed by atoms with Crippen LogP contribution in [0.25, 0.3) is 0 Å². The van der Waals surface area contributed by atoms with Gasteiger partial charge in [-0.3, -0.25) is 0 Å². The van der Waals surface area contributed by atoms with Crippen molar-refractivity contribution < 1.29 is 13.3 Å². The lowest BCUT2D eigenvalue weighted by Gasteiger charge is -2.24. The molecule has 0 aliphatic rings. The van der Waals surface area contributed by atoms with Gasteiger partial charge >= 0.3 is 8.80 Å². The van der Waals surface area contributed by atoms with Crippen molar-refractivity contribution in [1.82, 2.24) is 0 Å². The van der Waals surface area contributed by atoms with Crippen LogP contribution in [0.2, 0.25) is 6.04 Å². The minimum absolute atomic E-state index is 0.915. The summed E-state index contributed by atoms with van der Waals surface area (Å²) in [5.41, 5.74) is 0. The molecule has 0 bridgehead atoms. The molecule has 0 atom stereocenters. The van der Waals surface area contributed by atoms with E-state index in [2.05, 4.69) is 15.9 Å². The molecule has 0 aromatic rings. The summed E-state index contributed by atoms with van der Waals surface area (Å²) in [5.74, 6) is 0. The van der Waals surface area contributed by atoms with Crippen LogP contribution >= 0.6 is 15.9 Å². The van der Waals surface area contributed by atoms with E-state index in [9.17, 15) is 0 Å². The van der Waals surface area contributed by atoms with Gasteiger partial charge in [0, 0.05) is 32.7 Å². The standard InChI is InChI=1S/C9H21BrO3Si/c1-11-14(12-2,13-3)9-7-5-4-6-8-10/h4-9H2,1-3H3. The van der Waals surface area contributed by atoms with E-state index in [1.165, 1.54) is 19.3 Å². The molecule has 86 valence electrons. The number of alkyl halides is 1. The summed E-state index contributed by atoms with van der Waals surface area (Å²) >= 11 is 3.42. The zero-order valence-corrected chi connectivity index (χ0v) is 11.9. The van der Waals surface area contributed by atoms with Crippen LogP contribution in [0.4, 0.5) is 0 Å². The predicted molar refractivity (Wildman–Crippen MR) is 63.9 cm³/mol. The number of hydrogen-bond donors (Lipinski definition) is 0. The van der Waals surface area contributed by atoms with Gasteiger partial charge in [-0.2, -0.15) is 0 Å². The molecule has 0 saturated carbocycles. The maximum Gasteiger partial charge on any atom is 0.500 e. The lowest BCUT2D eigenvalue weighted by molar-refractivity contribution is 0.122.